The predicted octanol–water partition coefficient (Wildman–Crippen LogP) is 3.41. The van der Waals surface area contributed by atoms with Crippen LogP contribution in [0.3, 0.4) is 0 Å². The lowest BCUT2D eigenvalue weighted by molar-refractivity contribution is 0.0915. The highest BCUT2D eigenvalue weighted by Crippen LogP contribution is 2.31. The van der Waals surface area contributed by atoms with E-state index in [0.29, 0.717) is 28.6 Å². The normalized spacial score (nSPS) is 16.3. The van der Waals surface area contributed by atoms with E-state index in [1.807, 2.05) is 25.1 Å². The number of carbonyl (C=O) groups excluding carboxylic acids is 2. The Bertz CT molecular complexity index is 840. The minimum Gasteiger partial charge on any atom is -0.495 e. The molecular formula is C19H19ClN2O4. The Kier molecular flexibility index (Phi) is 5.32. The van der Waals surface area contributed by atoms with Gasteiger partial charge < -0.3 is 14.8 Å². The maximum atomic E-state index is 12.3. The lowest BCUT2D eigenvalue weighted by Crippen LogP contribution is -2.34. The molecule has 0 radical (unpaired) electrons. The van der Waals surface area contributed by atoms with E-state index >= 15 is 0 Å². The topological polar surface area (TPSA) is 67.9 Å². The molecule has 1 unspecified atom stereocenters. The van der Waals surface area contributed by atoms with E-state index in [0.717, 1.165) is 5.56 Å². The van der Waals surface area contributed by atoms with Gasteiger partial charge in [0.15, 0.2) is 0 Å². The van der Waals surface area contributed by atoms with E-state index in [4.69, 9.17) is 21.1 Å². The number of amides is 2. The summed E-state index contributed by atoms with van der Waals surface area (Å²) in [4.78, 5) is 25.9. The van der Waals surface area contributed by atoms with Gasteiger partial charge in [-0.1, -0.05) is 29.8 Å². The number of anilines is 1. The molecule has 1 fully saturated rings. The average Bonchev–Trinajstić information content (AvgIpc) is 3.00. The fourth-order valence-corrected chi connectivity index (χ4v) is 3.04. The number of hydrogen-bond acceptors (Lipinski definition) is 4. The molecule has 0 saturated carbocycles. The van der Waals surface area contributed by atoms with Crippen molar-refractivity contribution in [3.63, 3.8) is 0 Å². The zero-order valence-electron chi connectivity index (χ0n) is 14.5. The molecule has 1 saturated heterocycles. The number of benzene rings is 2. The van der Waals surface area contributed by atoms with Crippen LogP contribution in [0.2, 0.25) is 5.02 Å². The Labute approximate surface area is 156 Å². The summed E-state index contributed by atoms with van der Waals surface area (Å²) in [5.41, 5.74) is 2.12. The SMILES string of the molecule is COc1ccc(N2CC(CNC(=O)c3ccccc3C)OC2=O)cc1Cl. The van der Waals surface area contributed by atoms with Crippen molar-refractivity contribution >= 4 is 29.3 Å². The fraction of sp³-hybridized carbons (Fsp3) is 0.263. The molecule has 1 aliphatic heterocycles. The summed E-state index contributed by atoms with van der Waals surface area (Å²) in [6, 6.07) is 12.4. The van der Waals surface area contributed by atoms with Gasteiger partial charge in [0.05, 0.1) is 25.2 Å². The van der Waals surface area contributed by atoms with Gasteiger partial charge in [-0.25, -0.2) is 4.79 Å². The van der Waals surface area contributed by atoms with Crippen molar-refractivity contribution in [3.05, 3.63) is 58.6 Å². The molecule has 1 heterocycles. The molecule has 7 heteroatoms. The van der Waals surface area contributed by atoms with Crippen molar-refractivity contribution in [1.29, 1.82) is 0 Å². The number of methoxy groups -OCH3 is 1. The number of carbonyl (C=O) groups is 2. The number of cyclic esters (lactones) is 1. The lowest BCUT2D eigenvalue weighted by Gasteiger charge is -2.14. The Morgan fingerprint density at radius 2 is 2.12 bits per heavy atom. The number of ether oxygens (including phenoxy) is 2. The third-order valence-electron chi connectivity index (χ3n) is 4.20. The third-order valence-corrected chi connectivity index (χ3v) is 4.50. The van der Waals surface area contributed by atoms with Crippen LogP contribution < -0.4 is 15.0 Å². The highest BCUT2D eigenvalue weighted by atomic mass is 35.5. The van der Waals surface area contributed by atoms with Gasteiger partial charge in [-0.05, 0) is 36.8 Å². The molecule has 2 aromatic carbocycles. The molecule has 0 spiro atoms. The molecule has 136 valence electrons. The smallest absolute Gasteiger partial charge is 0.414 e. The molecule has 1 aliphatic rings. The van der Waals surface area contributed by atoms with E-state index in [-0.39, 0.29) is 12.5 Å². The summed E-state index contributed by atoms with van der Waals surface area (Å²) in [5.74, 6) is 0.343. The molecule has 0 bridgehead atoms. The van der Waals surface area contributed by atoms with Crippen molar-refractivity contribution in [1.82, 2.24) is 5.32 Å². The minimum atomic E-state index is -0.471. The summed E-state index contributed by atoms with van der Waals surface area (Å²) in [7, 11) is 1.53. The van der Waals surface area contributed by atoms with Crippen LogP contribution in [0.25, 0.3) is 0 Å². The second-order valence-electron chi connectivity index (χ2n) is 5.96. The predicted molar refractivity (Wildman–Crippen MR) is 99.1 cm³/mol. The van der Waals surface area contributed by atoms with E-state index < -0.39 is 12.2 Å². The summed E-state index contributed by atoms with van der Waals surface area (Å²) in [6.45, 7) is 2.44. The average molecular weight is 375 g/mol. The van der Waals surface area contributed by atoms with Crippen LogP contribution in [0.1, 0.15) is 15.9 Å². The first-order valence-corrected chi connectivity index (χ1v) is 8.53. The highest BCUT2D eigenvalue weighted by molar-refractivity contribution is 6.32. The van der Waals surface area contributed by atoms with E-state index in [1.165, 1.54) is 12.0 Å². The van der Waals surface area contributed by atoms with Crippen molar-refractivity contribution < 1.29 is 19.1 Å². The largest absolute Gasteiger partial charge is 0.495 e. The van der Waals surface area contributed by atoms with E-state index in [9.17, 15) is 9.59 Å². The number of rotatable bonds is 5. The Hall–Kier alpha value is -2.73. The second kappa shape index (κ2) is 7.66. The van der Waals surface area contributed by atoms with Crippen molar-refractivity contribution in [2.75, 3.05) is 25.1 Å². The quantitative estimate of drug-likeness (QED) is 0.870. The molecule has 6 nitrogen and oxygen atoms in total. The van der Waals surface area contributed by atoms with E-state index in [1.54, 1.807) is 24.3 Å². The Balaban J connectivity index is 1.62. The number of halogens is 1. The third kappa shape index (κ3) is 3.75. The standard InChI is InChI=1S/C19H19ClN2O4/c1-12-5-3-4-6-15(12)18(23)21-10-14-11-22(19(24)26-14)13-7-8-17(25-2)16(20)9-13/h3-9,14H,10-11H2,1-2H3,(H,21,23). The van der Waals surface area contributed by atoms with Crippen LogP contribution in [-0.4, -0.2) is 38.3 Å². The zero-order chi connectivity index (χ0) is 18.7. The van der Waals surface area contributed by atoms with Gasteiger partial charge >= 0.3 is 6.09 Å². The van der Waals surface area contributed by atoms with Crippen molar-refractivity contribution in [2.45, 2.75) is 13.0 Å². The number of aryl methyl sites for hydroxylation is 1. The van der Waals surface area contributed by atoms with Crippen LogP contribution in [-0.2, 0) is 4.74 Å². The monoisotopic (exact) mass is 374 g/mol. The van der Waals surface area contributed by atoms with Crippen molar-refractivity contribution in [3.8, 4) is 5.75 Å². The summed E-state index contributed by atoms with van der Waals surface area (Å²) in [6.07, 6.45) is -0.905. The van der Waals surface area contributed by atoms with Gasteiger partial charge in [0.1, 0.15) is 11.9 Å². The maximum absolute atomic E-state index is 12.3. The highest BCUT2D eigenvalue weighted by Gasteiger charge is 2.33. The Morgan fingerprint density at radius 1 is 1.35 bits per heavy atom. The second-order valence-corrected chi connectivity index (χ2v) is 6.37. The van der Waals surface area contributed by atoms with Crippen LogP contribution in [0.5, 0.6) is 5.75 Å². The van der Waals surface area contributed by atoms with Crippen LogP contribution in [0.15, 0.2) is 42.5 Å². The summed E-state index contributed by atoms with van der Waals surface area (Å²) in [5, 5.41) is 3.23. The van der Waals surface area contributed by atoms with Gasteiger partial charge in [0, 0.05) is 11.3 Å². The van der Waals surface area contributed by atoms with Gasteiger partial charge in [0.25, 0.3) is 5.91 Å². The molecule has 1 N–H and O–H groups in total. The number of hydrogen-bond donors (Lipinski definition) is 1. The summed E-state index contributed by atoms with van der Waals surface area (Å²) >= 11 is 6.12. The Morgan fingerprint density at radius 3 is 2.81 bits per heavy atom. The van der Waals surface area contributed by atoms with Crippen LogP contribution >= 0.6 is 11.6 Å². The van der Waals surface area contributed by atoms with Gasteiger partial charge in [-0.3, -0.25) is 9.69 Å². The van der Waals surface area contributed by atoms with Crippen molar-refractivity contribution in [2.24, 2.45) is 0 Å². The first-order valence-electron chi connectivity index (χ1n) is 8.15. The maximum Gasteiger partial charge on any atom is 0.414 e. The molecule has 3 rings (SSSR count). The number of nitrogens with zero attached hydrogens (tertiary/aromatic N) is 1. The number of nitrogens with one attached hydrogen (secondary N) is 1. The summed E-state index contributed by atoms with van der Waals surface area (Å²) < 4.78 is 10.5. The first-order chi connectivity index (χ1) is 12.5. The molecule has 0 aromatic heterocycles. The van der Waals surface area contributed by atoms with E-state index in [2.05, 4.69) is 5.32 Å². The fourth-order valence-electron chi connectivity index (χ4n) is 2.79. The molecular weight excluding hydrogens is 356 g/mol. The molecule has 2 amide bonds. The molecule has 2 aromatic rings. The molecule has 0 aliphatic carbocycles. The first kappa shape index (κ1) is 18.1. The molecule has 26 heavy (non-hydrogen) atoms. The van der Waals surface area contributed by atoms with Gasteiger partial charge in [-0.15, -0.1) is 0 Å². The lowest BCUT2D eigenvalue weighted by atomic mass is 10.1. The minimum absolute atomic E-state index is 0.190. The van der Waals surface area contributed by atoms with Gasteiger partial charge in [-0.2, -0.15) is 0 Å². The van der Waals surface area contributed by atoms with Crippen LogP contribution in [0.4, 0.5) is 10.5 Å². The van der Waals surface area contributed by atoms with Crippen LogP contribution in [0, 0.1) is 6.92 Å². The van der Waals surface area contributed by atoms with Gasteiger partial charge in [0.2, 0.25) is 0 Å². The zero-order valence-corrected chi connectivity index (χ0v) is 15.2. The molecule has 1 atom stereocenters.